The van der Waals surface area contributed by atoms with Crippen LogP contribution in [0.4, 0.5) is 5.69 Å². The Bertz CT molecular complexity index is 1020. The van der Waals surface area contributed by atoms with Crippen molar-refractivity contribution in [2.45, 2.75) is 81.6 Å². The molecule has 4 aliphatic rings. The number of piperidine rings is 1. The highest BCUT2D eigenvalue weighted by Crippen LogP contribution is 2.64. The third-order valence-electron chi connectivity index (χ3n) is 9.25. The summed E-state index contributed by atoms with van der Waals surface area (Å²) < 4.78 is 6.73. The van der Waals surface area contributed by atoms with Crippen LogP contribution in [0.1, 0.15) is 38.3 Å². The maximum absolute atomic E-state index is 6.73. The van der Waals surface area contributed by atoms with Crippen LogP contribution in [-0.4, -0.2) is 55.6 Å². The quantitative estimate of drug-likeness (QED) is 0.513. The molecule has 2 aromatic rings. The Balaban J connectivity index is 1.30. The number of para-hydroxylation sites is 1. The number of likely N-dealkylation sites (tertiary alicyclic amines) is 1. The highest BCUT2D eigenvalue weighted by molar-refractivity contribution is 6.74. The fourth-order valence-corrected chi connectivity index (χ4v) is 7.60. The Kier molecular flexibility index (Phi) is 4.52. The van der Waals surface area contributed by atoms with Crippen molar-refractivity contribution in [3.05, 3.63) is 65.7 Å². The Morgan fingerprint density at radius 2 is 1.78 bits per heavy atom. The molecule has 3 saturated heterocycles. The van der Waals surface area contributed by atoms with Crippen LogP contribution in [0.5, 0.6) is 0 Å². The molecule has 1 N–H and O–H groups in total. The molecule has 0 bridgehead atoms. The number of rotatable bonds is 5. The lowest BCUT2D eigenvalue weighted by molar-refractivity contribution is 0.188. The zero-order valence-electron chi connectivity index (χ0n) is 20.1. The first kappa shape index (κ1) is 20.9. The number of anilines is 1. The predicted molar refractivity (Wildman–Crippen MR) is 133 cm³/mol. The lowest BCUT2D eigenvalue weighted by Crippen LogP contribution is -2.51. The molecule has 0 saturated carbocycles. The molecular weight excluding hydrogens is 410 g/mol. The third-order valence-corrected chi connectivity index (χ3v) is 13.7. The van der Waals surface area contributed by atoms with Crippen molar-refractivity contribution in [2.75, 3.05) is 18.5 Å². The molecule has 2 aromatic carbocycles. The molecule has 0 aromatic heterocycles. The van der Waals surface area contributed by atoms with Crippen LogP contribution in [0.3, 0.4) is 0 Å². The Morgan fingerprint density at radius 3 is 2.53 bits per heavy atom. The van der Waals surface area contributed by atoms with E-state index in [2.05, 4.69) is 104 Å². The topological polar surface area (TPSA) is 27.5 Å². The number of benzene rings is 2. The molecule has 4 heterocycles. The molecule has 0 radical (unpaired) electrons. The molecular formula is C27H37N3OSi. The maximum atomic E-state index is 6.73. The minimum absolute atomic E-state index is 0.212. The molecule has 170 valence electrons. The minimum Gasteiger partial charge on any atom is -0.415 e. The van der Waals surface area contributed by atoms with Gasteiger partial charge in [0.2, 0.25) is 0 Å². The normalized spacial score (nSPS) is 35.1. The molecule has 6 atom stereocenters. The molecule has 1 spiro atoms. The molecule has 3 fully saturated rings. The molecule has 32 heavy (non-hydrogen) atoms. The Hall–Kier alpha value is -1.66. The van der Waals surface area contributed by atoms with Gasteiger partial charge in [0.1, 0.15) is 0 Å². The largest absolute Gasteiger partial charge is 0.415 e. The summed E-state index contributed by atoms with van der Waals surface area (Å²) in [5.41, 5.74) is 4.53. The number of hydrogen-bond donors (Lipinski definition) is 1. The van der Waals surface area contributed by atoms with Gasteiger partial charge in [-0.05, 0) is 48.3 Å². The van der Waals surface area contributed by atoms with Gasteiger partial charge in [-0.25, -0.2) is 0 Å². The zero-order valence-corrected chi connectivity index (χ0v) is 21.1. The van der Waals surface area contributed by atoms with Gasteiger partial charge in [-0.15, -0.1) is 0 Å². The van der Waals surface area contributed by atoms with Crippen molar-refractivity contribution in [3.8, 4) is 0 Å². The molecule has 5 heteroatoms. The van der Waals surface area contributed by atoms with Crippen LogP contribution in [0, 0.1) is 0 Å². The van der Waals surface area contributed by atoms with Gasteiger partial charge in [-0.2, -0.15) is 0 Å². The molecule has 4 aliphatic heterocycles. The summed E-state index contributed by atoms with van der Waals surface area (Å²) in [6, 6.07) is 21.8. The monoisotopic (exact) mass is 447 g/mol. The van der Waals surface area contributed by atoms with Crippen molar-refractivity contribution >= 4 is 14.0 Å². The van der Waals surface area contributed by atoms with Crippen LogP contribution >= 0.6 is 0 Å². The summed E-state index contributed by atoms with van der Waals surface area (Å²) in [5, 5.41) is 4.20. The Labute approximate surface area is 194 Å². The summed E-state index contributed by atoms with van der Waals surface area (Å²) in [5.74, 6) is 0. The van der Waals surface area contributed by atoms with E-state index in [4.69, 9.17) is 4.43 Å². The van der Waals surface area contributed by atoms with E-state index in [-0.39, 0.29) is 10.5 Å². The van der Waals surface area contributed by atoms with E-state index in [1.165, 1.54) is 24.2 Å². The van der Waals surface area contributed by atoms with Gasteiger partial charge in [-0.1, -0.05) is 69.3 Å². The van der Waals surface area contributed by atoms with E-state index < -0.39 is 8.32 Å². The van der Waals surface area contributed by atoms with Crippen LogP contribution in [0.15, 0.2) is 54.6 Å². The Morgan fingerprint density at radius 1 is 1.06 bits per heavy atom. The van der Waals surface area contributed by atoms with Crippen LogP contribution in [-0.2, 0) is 16.4 Å². The van der Waals surface area contributed by atoms with Crippen molar-refractivity contribution in [3.63, 3.8) is 0 Å². The van der Waals surface area contributed by atoms with Gasteiger partial charge in [0.15, 0.2) is 8.32 Å². The molecule has 6 rings (SSSR count). The van der Waals surface area contributed by atoms with Gasteiger partial charge in [0.05, 0.1) is 18.8 Å². The fraction of sp³-hybridized carbons (Fsp3) is 0.556. The summed E-state index contributed by atoms with van der Waals surface area (Å²) in [7, 11) is -1.75. The lowest BCUT2D eigenvalue weighted by atomic mass is 9.73. The van der Waals surface area contributed by atoms with Crippen molar-refractivity contribution in [1.82, 2.24) is 9.80 Å². The average Bonchev–Trinajstić information content (AvgIpc) is 3.02. The predicted octanol–water partition coefficient (Wildman–Crippen LogP) is 5.04. The molecule has 4 nitrogen and oxygen atoms in total. The zero-order chi connectivity index (χ0) is 22.3. The SMILES string of the molecule is CC(C)(C)[Si](C)(C)OC[C@H]1[C@@H]2[C@@H]3N(Cc4ccccc4)CC[C@@]34c3ccccc3N[C@H]4N21. The smallest absolute Gasteiger partial charge is 0.192 e. The van der Waals surface area contributed by atoms with Gasteiger partial charge < -0.3 is 9.74 Å². The van der Waals surface area contributed by atoms with Crippen LogP contribution in [0.25, 0.3) is 0 Å². The van der Waals surface area contributed by atoms with E-state index in [1.54, 1.807) is 5.56 Å². The highest BCUT2D eigenvalue weighted by Gasteiger charge is 2.76. The third kappa shape index (κ3) is 2.84. The molecule has 0 aliphatic carbocycles. The summed E-state index contributed by atoms with van der Waals surface area (Å²) in [6.45, 7) is 14.9. The van der Waals surface area contributed by atoms with Crippen molar-refractivity contribution < 1.29 is 4.43 Å². The van der Waals surface area contributed by atoms with E-state index in [9.17, 15) is 0 Å². The number of hydrogen-bond acceptors (Lipinski definition) is 4. The number of nitrogens with one attached hydrogen (secondary N) is 1. The van der Waals surface area contributed by atoms with E-state index in [0.29, 0.717) is 24.3 Å². The van der Waals surface area contributed by atoms with Crippen LogP contribution in [0.2, 0.25) is 18.1 Å². The van der Waals surface area contributed by atoms with Gasteiger partial charge in [-0.3, -0.25) is 9.80 Å². The molecule has 1 unspecified atom stereocenters. The maximum Gasteiger partial charge on any atom is 0.192 e. The minimum atomic E-state index is -1.75. The van der Waals surface area contributed by atoms with E-state index in [0.717, 1.165) is 13.2 Å². The fourth-order valence-electron chi connectivity index (χ4n) is 6.58. The standard InChI is InChI=1S/C27H37N3OSi/c1-26(2,3)32(4,5)31-18-22-23-24-27(15-16-29(24)17-19-11-7-6-8-12-19)20-13-9-10-14-21(20)28-25(27)30(22)23/h6-14,22-25,28H,15-18H2,1-5H3/t22-,23+,24-,25-,27+,30?/m0/s1. The average molecular weight is 448 g/mol. The summed E-state index contributed by atoms with van der Waals surface area (Å²) in [4.78, 5) is 5.54. The van der Waals surface area contributed by atoms with E-state index >= 15 is 0 Å². The van der Waals surface area contributed by atoms with Gasteiger partial charge in [0.25, 0.3) is 0 Å². The van der Waals surface area contributed by atoms with Crippen molar-refractivity contribution in [2.24, 2.45) is 0 Å². The van der Waals surface area contributed by atoms with Crippen molar-refractivity contribution in [1.29, 1.82) is 0 Å². The number of nitrogens with zero attached hydrogens (tertiary/aromatic N) is 2. The highest BCUT2D eigenvalue weighted by atomic mass is 28.4. The van der Waals surface area contributed by atoms with Gasteiger partial charge >= 0.3 is 0 Å². The second kappa shape index (κ2) is 6.92. The molecule has 0 amide bonds. The second-order valence-electron chi connectivity index (χ2n) is 11.9. The first-order valence-electron chi connectivity index (χ1n) is 12.3. The lowest BCUT2D eigenvalue weighted by Gasteiger charge is -2.38. The van der Waals surface area contributed by atoms with Gasteiger partial charge in [0, 0.05) is 29.7 Å². The van der Waals surface area contributed by atoms with Crippen LogP contribution < -0.4 is 5.32 Å². The summed E-state index contributed by atoms with van der Waals surface area (Å²) in [6.07, 6.45) is 1.64. The first-order chi connectivity index (χ1) is 15.2. The summed E-state index contributed by atoms with van der Waals surface area (Å²) >= 11 is 0. The second-order valence-corrected chi connectivity index (χ2v) is 16.7. The number of fused-ring (bicyclic) bond motifs is 4. The van der Waals surface area contributed by atoms with E-state index in [1.807, 2.05) is 0 Å². The first-order valence-corrected chi connectivity index (χ1v) is 15.2.